The second-order valence-electron chi connectivity index (χ2n) is 4.23. The third-order valence-electron chi connectivity index (χ3n) is 2.91. The van der Waals surface area contributed by atoms with E-state index in [0.29, 0.717) is 18.1 Å². The zero-order valence-corrected chi connectivity index (χ0v) is 10.1. The molecule has 2 aromatic heterocycles. The molecule has 7 heteroatoms. The summed E-state index contributed by atoms with van der Waals surface area (Å²) >= 11 is 0. The number of fused-ring (bicyclic) bond motifs is 1. The average Bonchev–Trinajstić information content (AvgIpc) is 2.80. The third kappa shape index (κ3) is 2.14. The lowest BCUT2D eigenvalue weighted by Gasteiger charge is -2.23. The zero-order valence-electron chi connectivity index (χ0n) is 10.1. The predicted molar refractivity (Wildman–Crippen MR) is 64.5 cm³/mol. The van der Waals surface area contributed by atoms with Crippen LogP contribution in [0.5, 0.6) is 5.88 Å². The predicted octanol–water partition coefficient (Wildman–Crippen LogP) is 0.0285. The minimum Gasteiger partial charge on any atom is -0.474 e. The Kier molecular flexibility index (Phi) is 3.07. The van der Waals surface area contributed by atoms with Crippen LogP contribution < -0.4 is 10.1 Å². The van der Waals surface area contributed by atoms with E-state index in [9.17, 15) is 0 Å². The van der Waals surface area contributed by atoms with Crippen molar-refractivity contribution >= 4 is 11.0 Å². The molecule has 0 saturated carbocycles. The van der Waals surface area contributed by atoms with E-state index < -0.39 is 0 Å². The molecule has 2 aromatic rings. The molecule has 18 heavy (non-hydrogen) atoms. The number of rotatable bonds is 3. The van der Waals surface area contributed by atoms with Gasteiger partial charge in [0.05, 0.1) is 6.61 Å². The number of H-pyrrole nitrogens is 1. The second-order valence-corrected chi connectivity index (χ2v) is 4.23. The molecule has 0 radical (unpaired) electrons. The summed E-state index contributed by atoms with van der Waals surface area (Å²) in [5.41, 5.74) is 1.53. The van der Waals surface area contributed by atoms with Gasteiger partial charge >= 0.3 is 0 Å². The Bertz CT molecular complexity index is 535. The first-order valence-electron chi connectivity index (χ1n) is 5.95. The number of morpholine rings is 1. The fraction of sp³-hybridized carbons (Fsp3) is 0.545. The van der Waals surface area contributed by atoms with E-state index in [0.717, 1.165) is 30.8 Å². The van der Waals surface area contributed by atoms with Crippen molar-refractivity contribution in [1.82, 2.24) is 25.5 Å². The SMILES string of the molecule is Cc1[nH]nc2ncnc(OCC3CNCCO3)c12. The number of ether oxygens (including phenoxy) is 2. The molecule has 1 aliphatic heterocycles. The molecule has 0 aliphatic carbocycles. The minimum absolute atomic E-state index is 0.0657. The number of hydrogen-bond donors (Lipinski definition) is 2. The van der Waals surface area contributed by atoms with Crippen LogP contribution >= 0.6 is 0 Å². The molecule has 3 heterocycles. The summed E-state index contributed by atoms with van der Waals surface area (Å²) in [6.07, 6.45) is 1.52. The van der Waals surface area contributed by atoms with Crippen molar-refractivity contribution in [2.24, 2.45) is 0 Å². The zero-order chi connectivity index (χ0) is 12.4. The molecular weight excluding hydrogens is 234 g/mol. The lowest BCUT2D eigenvalue weighted by atomic mass is 10.3. The Morgan fingerprint density at radius 2 is 2.44 bits per heavy atom. The number of hydrogen-bond acceptors (Lipinski definition) is 6. The van der Waals surface area contributed by atoms with E-state index >= 15 is 0 Å². The van der Waals surface area contributed by atoms with Crippen LogP contribution in [-0.4, -0.2) is 52.6 Å². The first kappa shape index (κ1) is 11.4. The van der Waals surface area contributed by atoms with Crippen molar-refractivity contribution in [1.29, 1.82) is 0 Å². The van der Waals surface area contributed by atoms with Gasteiger partial charge in [0.1, 0.15) is 24.4 Å². The van der Waals surface area contributed by atoms with Crippen LogP contribution in [0.1, 0.15) is 5.69 Å². The highest BCUT2D eigenvalue weighted by molar-refractivity contribution is 5.82. The lowest BCUT2D eigenvalue weighted by Crippen LogP contribution is -2.41. The van der Waals surface area contributed by atoms with Crippen LogP contribution in [-0.2, 0) is 4.74 Å². The number of nitrogens with one attached hydrogen (secondary N) is 2. The molecule has 3 rings (SSSR count). The maximum Gasteiger partial charge on any atom is 0.228 e. The van der Waals surface area contributed by atoms with E-state index in [1.165, 1.54) is 6.33 Å². The molecule has 1 saturated heterocycles. The molecular formula is C11H15N5O2. The average molecular weight is 249 g/mol. The van der Waals surface area contributed by atoms with E-state index in [1.54, 1.807) is 0 Å². The van der Waals surface area contributed by atoms with E-state index in [2.05, 4.69) is 25.5 Å². The minimum atomic E-state index is 0.0657. The molecule has 1 unspecified atom stereocenters. The van der Waals surface area contributed by atoms with Gasteiger partial charge in [0.15, 0.2) is 5.65 Å². The summed E-state index contributed by atoms with van der Waals surface area (Å²) in [7, 11) is 0. The maximum absolute atomic E-state index is 5.72. The highest BCUT2D eigenvalue weighted by Crippen LogP contribution is 2.22. The van der Waals surface area contributed by atoms with Crippen LogP contribution in [0.4, 0.5) is 0 Å². The quantitative estimate of drug-likeness (QED) is 0.798. The number of nitrogens with zero attached hydrogens (tertiary/aromatic N) is 3. The standard InChI is InChI=1S/C11H15N5O2/c1-7-9-10(16-15-7)13-6-14-11(9)18-5-8-4-12-2-3-17-8/h6,8,12H,2-5H2,1H3,(H,13,14,15,16). The smallest absolute Gasteiger partial charge is 0.228 e. The first-order chi connectivity index (χ1) is 8.84. The number of aromatic amines is 1. The number of aryl methyl sites for hydroxylation is 1. The van der Waals surface area contributed by atoms with Crippen LogP contribution in [0, 0.1) is 6.92 Å². The molecule has 96 valence electrons. The second kappa shape index (κ2) is 4.87. The topological polar surface area (TPSA) is 85.0 Å². The summed E-state index contributed by atoms with van der Waals surface area (Å²) in [5.74, 6) is 0.556. The summed E-state index contributed by atoms with van der Waals surface area (Å²) in [5, 5.41) is 11.0. The molecule has 0 aromatic carbocycles. The number of aromatic nitrogens is 4. The van der Waals surface area contributed by atoms with E-state index in [4.69, 9.17) is 9.47 Å². The lowest BCUT2D eigenvalue weighted by molar-refractivity contribution is -0.000413. The first-order valence-corrected chi connectivity index (χ1v) is 5.95. The Morgan fingerprint density at radius 1 is 1.50 bits per heavy atom. The third-order valence-corrected chi connectivity index (χ3v) is 2.91. The van der Waals surface area contributed by atoms with Gasteiger partial charge in [-0.25, -0.2) is 9.97 Å². The maximum atomic E-state index is 5.72. The van der Waals surface area contributed by atoms with Gasteiger partial charge in [-0.15, -0.1) is 0 Å². The molecule has 2 N–H and O–H groups in total. The highest BCUT2D eigenvalue weighted by Gasteiger charge is 2.16. The van der Waals surface area contributed by atoms with Crippen LogP contribution in [0.3, 0.4) is 0 Å². The van der Waals surface area contributed by atoms with Gasteiger partial charge in [0.2, 0.25) is 5.88 Å². The van der Waals surface area contributed by atoms with Crippen molar-refractivity contribution in [3.63, 3.8) is 0 Å². The Morgan fingerprint density at radius 3 is 3.28 bits per heavy atom. The van der Waals surface area contributed by atoms with Gasteiger partial charge in [-0.05, 0) is 6.92 Å². The van der Waals surface area contributed by atoms with Gasteiger partial charge in [-0.2, -0.15) is 5.10 Å². The van der Waals surface area contributed by atoms with Gasteiger partial charge in [-0.1, -0.05) is 0 Å². The molecule has 1 aliphatic rings. The van der Waals surface area contributed by atoms with Crippen LogP contribution in [0.15, 0.2) is 6.33 Å². The molecule has 7 nitrogen and oxygen atoms in total. The van der Waals surface area contributed by atoms with Crippen molar-refractivity contribution < 1.29 is 9.47 Å². The Hall–Kier alpha value is -1.73. The molecule has 1 fully saturated rings. The molecule has 0 spiro atoms. The van der Waals surface area contributed by atoms with E-state index in [-0.39, 0.29) is 6.10 Å². The summed E-state index contributed by atoms with van der Waals surface area (Å²) < 4.78 is 11.3. The Balaban J connectivity index is 1.75. The van der Waals surface area contributed by atoms with Crippen LogP contribution in [0.2, 0.25) is 0 Å². The summed E-state index contributed by atoms with van der Waals surface area (Å²) in [6.45, 7) is 4.82. The van der Waals surface area contributed by atoms with Crippen molar-refractivity contribution in [2.45, 2.75) is 13.0 Å². The van der Waals surface area contributed by atoms with Gasteiger partial charge in [0.25, 0.3) is 0 Å². The largest absolute Gasteiger partial charge is 0.474 e. The summed E-state index contributed by atoms with van der Waals surface area (Å²) in [6, 6.07) is 0. The molecule has 1 atom stereocenters. The highest BCUT2D eigenvalue weighted by atomic mass is 16.5. The van der Waals surface area contributed by atoms with Gasteiger partial charge < -0.3 is 14.8 Å². The van der Waals surface area contributed by atoms with Crippen molar-refractivity contribution in [3.05, 3.63) is 12.0 Å². The van der Waals surface area contributed by atoms with Crippen molar-refractivity contribution in [2.75, 3.05) is 26.3 Å². The summed E-state index contributed by atoms with van der Waals surface area (Å²) in [4.78, 5) is 8.24. The van der Waals surface area contributed by atoms with Crippen LogP contribution in [0.25, 0.3) is 11.0 Å². The fourth-order valence-electron chi connectivity index (χ4n) is 1.97. The molecule has 0 bridgehead atoms. The molecule has 0 amide bonds. The van der Waals surface area contributed by atoms with Crippen molar-refractivity contribution in [3.8, 4) is 5.88 Å². The fourth-order valence-corrected chi connectivity index (χ4v) is 1.97. The van der Waals surface area contributed by atoms with E-state index in [1.807, 2.05) is 6.92 Å². The monoisotopic (exact) mass is 249 g/mol. The van der Waals surface area contributed by atoms with Gasteiger partial charge in [-0.3, -0.25) is 5.10 Å². The Labute approximate surface area is 104 Å². The normalized spacial score (nSPS) is 20.2. The van der Waals surface area contributed by atoms with Gasteiger partial charge in [0, 0.05) is 18.8 Å².